The number of halogens is 3. The number of aryl methyl sites for hydroxylation is 2. The number of methoxy groups -OCH3 is 1. The van der Waals surface area contributed by atoms with Crippen molar-refractivity contribution in [3.8, 4) is 5.75 Å². The summed E-state index contributed by atoms with van der Waals surface area (Å²) in [5.74, 6) is 0.150. The van der Waals surface area contributed by atoms with Gasteiger partial charge in [-0.25, -0.2) is 4.79 Å². The van der Waals surface area contributed by atoms with Crippen LogP contribution in [-0.2, 0) is 19.1 Å². The lowest BCUT2D eigenvalue weighted by Crippen LogP contribution is -2.28. The average Bonchev–Trinajstić information content (AvgIpc) is 2.60. The molecule has 0 spiro atoms. The van der Waals surface area contributed by atoms with Crippen molar-refractivity contribution in [3.63, 3.8) is 0 Å². The first-order valence-corrected chi connectivity index (χ1v) is 8.13. The van der Waals surface area contributed by atoms with Gasteiger partial charge in [-0.3, -0.25) is 0 Å². The van der Waals surface area contributed by atoms with Gasteiger partial charge in [-0.2, -0.15) is 13.2 Å². The number of carbonyl (C=O) groups is 1. The van der Waals surface area contributed by atoms with E-state index in [-0.39, 0.29) is 18.0 Å². The zero-order valence-electron chi connectivity index (χ0n) is 14.8. The molecule has 0 saturated heterocycles. The van der Waals surface area contributed by atoms with Gasteiger partial charge >= 0.3 is 12.2 Å². The molecule has 0 heterocycles. The second-order valence-electron chi connectivity index (χ2n) is 5.83. The molecule has 4 nitrogen and oxygen atoms in total. The minimum absolute atomic E-state index is 0.0435. The number of hydrogen-bond donors (Lipinski definition) is 2. The molecule has 2 rings (SSSR count). The Morgan fingerprint density at radius 1 is 1.15 bits per heavy atom. The zero-order valence-corrected chi connectivity index (χ0v) is 14.8. The van der Waals surface area contributed by atoms with Crippen LogP contribution in [0.2, 0.25) is 0 Å². The molecular formula is C19H21F3N2O2. The third-order valence-electron chi connectivity index (χ3n) is 4.02. The fraction of sp³-hybridized carbons (Fsp3) is 0.316. The first-order valence-electron chi connectivity index (χ1n) is 8.13. The van der Waals surface area contributed by atoms with Crippen LogP contribution in [0.25, 0.3) is 0 Å². The highest BCUT2D eigenvalue weighted by atomic mass is 19.4. The molecule has 26 heavy (non-hydrogen) atoms. The Hall–Kier alpha value is -2.70. The quantitative estimate of drug-likeness (QED) is 0.790. The van der Waals surface area contributed by atoms with E-state index in [2.05, 4.69) is 10.6 Å². The molecule has 2 N–H and O–H groups in total. The second kappa shape index (κ2) is 8.12. The fourth-order valence-electron chi connectivity index (χ4n) is 2.55. The molecule has 0 atom stereocenters. The number of benzene rings is 2. The van der Waals surface area contributed by atoms with Crippen LogP contribution in [0.15, 0.2) is 36.4 Å². The van der Waals surface area contributed by atoms with Gasteiger partial charge in [0.15, 0.2) is 0 Å². The standard InChI is InChI=1S/C19H21F3N2O2/c1-4-14-9-13(6-5-12(14)2)11-23-18(25)24-16-10-15(19(20,21)22)7-8-17(16)26-3/h5-10H,4,11H2,1-3H3,(H2,23,24,25). The normalized spacial score (nSPS) is 11.2. The molecule has 0 aromatic heterocycles. The Kier molecular flexibility index (Phi) is 6.13. The Morgan fingerprint density at radius 3 is 2.50 bits per heavy atom. The largest absolute Gasteiger partial charge is 0.495 e. The van der Waals surface area contributed by atoms with Crippen LogP contribution < -0.4 is 15.4 Å². The summed E-state index contributed by atoms with van der Waals surface area (Å²) < 4.78 is 43.5. The maximum Gasteiger partial charge on any atom is 0.416 e. The van der Waals surface area contributed by atoms with Crippen LogP contribution in [-0.4, -0.2) is 13.1 Å². The van der Waals surface area contributed by atoms with Crippen molar-refractivity contribution < 1.29 is 22.7 Å². The van der Waals surface area contributed by atoms with Crippen molar-refractivity contribution in [2.24, 2.45) is 0 Å². The average molecular weight is 366 g/mol. The number of ether oxygens (including phenoxy) is 1. The van der Waals surface area contributed by atoms with Crippen LogP contribution in [0, 0.1) is 6.92 Å². The summed E-state index contributed by atoms with van der Waals surface area (Å²) in [4.78, 5) is 12.1. The number of rotatable bonds is 5. The number of alkyl halides is 3. The summed E-state index contributed by atoms with van der Waals surface area (Å²) in [6, 6.07) is 8.19. The predicted molar refractivity (Wildman–Crippen MR) is 94.4 cm³/mol. The number of hydrogen-bond acceptors (Lipinski definition) is 2. The molecule has 0 aliphatic carbocycles. The third-order valence-corrected chi connectivity index (χ3v) is 4.02. The number of amides is 2. The molecule has 0 saturated carbocycles. The van der Waals surface area contributed by atoms with Crippen molar-refractivity contribution >= 4 is 11.7 Å². The van der Waals surface area contributed by atoms with Gasteiger partial charge in [-0.05, 0) is 48.2 Å². The molecular weight excluding hydrogens is 345 g/mol. The van der Waals surface area contributed by atoms with Gasteiger partial charge in [0.2, 0.25) is 0 Å². The topological polar surface area (TPSA) is 50.4 Å². The van der Waals surface area contributed by atoms with Gasteiger partial charge in [0.1, 0.15) is 5.75 Å². The van der Waals surface area contributed by atoms with Gasteiger partial charge in [-0.15, -0.1) is 0 Å². The number of urea groups is 1. The highest BCUT2D eigenvalue weighted by Gasteiger charge is 2.31. The van der Waals surface area contributed by atoms with E-state index >= 15 is 0 Å². The first kappa shape index (κ1) is 19.6. The summed E-state index contributed by atoms with van der Waals surface area (Å²) >= 11 is 0. The SMILES string of the molecule is CCc1cc(CNC(=O)Nc2cc(C(F)(F)F)ccc2OC)ccc1C. The minimum Gasteiger partial charge on any atom is -0.495 e. The summed E-state index contributed by atoms with van der Waals surface area (Å²) in [5.41, 5.74) is 2.37. The van der Waals surface area contributed by atoms with Crippen molar-refractivity contribution in [2.45, 2.75) is 33.0 Å². The van der Waals surface area contributed by atoms with Gasteiger partial charge in [0.25, 0.3) is 0 Å². The fourth-order valence-corrected chi connectivity index (χ4v) is 2.55. The highest BCUT2D eigenvalue weighted by molar-refractivity contribution is 5.91. The van der Waals surface area contributed by atoms with E-state index in [0.29, 0.717) is 0 Å². The van der Waals surface area contributed by atoms with Crippen molar-refractivity contribution in [3.05, 3.63) is 58.7 Å². The van der Waals surface area contributed by atoms with E-state index < -0.39 is 17.8 Å². The summed E-state index contributed by atoms with van der Waals surface area (Å²) in [5, 5.41) is 5.05. The van der Waals surface area contributed by atoms with Crippen LogP contribution in [0.4, 0.5) is 23.7 Å². The molecule has 2 aromatic rings. The Labute approximate surface area is 150 Å². The Balaban J connectivity index is 2.07. The predicted octanol–water partition coefficient (Wildman–Crippen LogP) is 4.91. The first-order chi connectivity index (χ1) is 12.2. The smallest absolute Gasteiger partial charge is 0.416 e. The summed E-state index contributed by atoms with van der Waals surface area (Å²) in [7, 11) is 1.32. The van der Waals surface area contributed by atoms with Gasteiger partial charge in [0, 0.05) is 6.54 Å². The molecule has 0 aliphatic heterocycles. The minimum atomic E-state index is -4.50. The van der Waals surface area contributed by atoms with Crippen molar-refractivity contribution in [2.75, 3.05) is 12.4 Å². The van der Waals surface area contributed by atoms with E-state index in [4.69, 9.17) is 4.74 Å². The van der Waals surface area contributed by atoms with E-state index in [9.17, 15) is 18.0 Å². The van der Waals surface area contributed by atoms with Crippen LogP contribution in [0.3, 0.4) is 0 Å². The zero-order chi connectivity index (χ0) is 19.3. The lowest BCUT2D eigenvalue weighted by atomic mass is 10.0. The van der Waals surface area contributed by atoms with E-state index in [1.54, 1.807) is 0 Å². The highest BCUT2D eigenvalue weighted by Crippen LogP contribution is 2.34. The van der Waals surface area contributed by atoms with Crippen LogP contribution >= 0.6 is 0 Å². The van der Waals surface area contributed by atoms with E-state index in [1.165, 1.54) is 24.3 Å². The lowest BCUT2D eigenvalue weighted by molar-refractivity contribution is -0.137. The molecule has 0 unspecified atom stereocenters. The molecule has 0 fully saturated rings. The summed E-state index contributed by atoms with van der Waals surface area (Å²) in [6.45, 7) is 4.33. The molecule has 7 heteroatoms. The Bertz CT molecular complexity index is 789. The van der Waals surface area contributed by atoms with Crippen LogP contribution in [0.1, 0.15) is 29.2 Å². The number of anilines is 1. The van der Waals surface area contributed by atoms with Crippen molar-refractivity contribution in [1.29, 1.82) is 0 Å². The monoisotopic (exact) mass is 366 g/mol. The maximum atomic E-state index is 12.8. The molecule has 140 valence electrons. The van der Waals surface area contributed by atoms with E-state index in [0.717, 1.165) is 24.1 Å². The second-order valence-corrected chi connectivity index (χ2v) is 5.83. The lowest BCUT2D eigenvalue weighted by Gasteiger charge is -2.14. The van der Waals surface area contributed by atoms with E-state index in [1.807, 2.05) is 32.0 Å². The van der Waals surface area contributed by atoms with Gasteiger partial charge in [0.05, 0.1) is 18.4 Å². The summed E-state index contributed by atoms with van der Waals surface area (Å²) in [6.07, 6.45) is -3.62. The molecule has 0 radical (unpaired) electrons. The van der Waals surface area contributed by atoms with Crippen LogP contribution in [0.5, 0.6) is 5.75 Å². The number of nitrogens with one attached hydrogen (secondary N) is 2. The molecule has 2 amide bonds. The van der Waals surface area contributed by atoms with Gasteiger partial charge in [-0.1, -0.05) is 25.1 Å². The number of carbonyl (C=O) groups excluding carboxylic acids is 1. The van der Waals surface area contributed by atoms with Crippen molar-refractivity contribution in [1.82, 2.24) is 5.32 Å². The Morgan fingerprint density at radius 2 is 1.88 bits per heavy atom. The van der Waals surface area contributed by atoms with Gasteiger partial charge < -0.3 is 15.4 Å². The molecule has 2 aromatic carbocycles. The third kappa shape index (κ3) is 4.91. The molecule has 0 aliphatic rings. The maximum absolute atomic E-state index is 12.8. The molecule has 0 bridgehead atoms.